The minimum atomic E-state index is 0.569. The molecule has 0 spiro atoms. The van der Waals surface area contributed by atoms with Crippen LogP contribution in [0, 0.1) is 0 Å². The topological polar surface area (TPSA) is 16.1 Å². The van der Waals surface area contributed by atoms with Crippen LogP contribution in [0.25, 0.3) is 0 Å². The van der Waals surface area contributed by atoms with Crippen molar-refractivity contribution in [3.8, 4) is 0 Å². The van der Waals surface area contributed by atoms with Crippen molar-refractivity contribution in [2.75, 3.05) is 13.1 Å². The summed E-state index contributed by atoms with van der Waals surface area (Å²) in [7, 11) is 0. The molecule has 0 unspecified atom stereocenters. The summed E-state index contributed by atoms with van der Waals surface area (Å²) in [5.41, 5.74) is 1.03. The Hall–Kier alpha value is -0.380. The fourth-order valence-electron chi connectivity index (χ4n) is 1.66. The van der Waals surface area contributed by atoms with Crippen LogP contribution in [0.5, 0.6) is 0 Å². The van der Waals surface area contributed by atoms with Crippen LogP contribution in [0.4, 0.5) is 0 Å². The minimum absolute atomic E-state index is 0.569. The number of hydrogen-bond donors (Lipinski definition) is 0. The molecule has 0 N–H and O–H groups in total. The van der Waals surface area contributed by atoms with Crippen molar-refractivity contribution < 1.29 is 0 Å². The number of nitrogens with zero attached hydrogens (tertiary/aromatic N) is 2. The van der Waals surface area contributed by atoms with E-state index in [1.54, 1.807) is 6.07 Å². The van der Waals surface area contributed by atoms with Crippen molar-refractivity contribution in [1.82, 2.24) is 9.88 Å². The van der Waals surface area contributed by atoms with Gasteiger partial charge in [0.2, 0.25) is 0 Å². The lowest BCUT2D eigenvalue weighted by atomic mass is 10.2. The third-order valence-electron chi connectivity index (χ3n) is 2.34. The van der Waals surface area contributed by atoms with Gasteiger partial charge >= 0.3 is 0 Å². The lowest BCUT2D eigenvalue weighted by Gasteiger charge is -2.24. The van der Waals surface area contributed by atoms with Crippen LogP contribution < -0.4 is 0 Å². The molecule has 4 heteroatoms. The molecule has 2 heterocycles. The third-order valence-corrected chi connectivity index (χ3v) is 3.13. The van der Waals surface area contributed by atoms with Crippen molar-refractivity contribution in [2.24, 2.45) is 0 Å². The maximum Gasteiger partial charge on any atom is 0.129 e. The van der Waals surface area contributed by atoms with E-state index >= 15 is 0 Å². The maximum absolute atomic E-state index is 5.84. The lowest BCUT2D eigenvalue weighted by molar-refractivity contribution is 0.285. The molecule has 1 aromatic rings. The van der Waals surface area contributed by atoms with E-state index in [9.17, 15) is 0 Å². The van der Waals surface area contributed by atoms with E-state index < -0.39 is 0 Å². The van der Waals surface area contributed by atoms with Gasteiger partial charge in [0.25, 0.3) is 0 Å². The van der Waals surface area contributed by atoms with E-state index in [0.29, 0.717) is 5.15 Å². The Bertz CT molecular complexity index is 379. The van der Waals surface area contributed by atoms with E-state index in [1.807, 2.05) is 12.1 Å². The quantitative estimate of drug-likeness (QED) is 0.777. The van der Waals surface area contributed by atoms with Gasteiger partial charge in [-0.3, -0.25) is 4.90 Å². The Kier molecular flexibility index (Phi) is 3.78. The molecule has 0 amide bonds. The molecule has 0 atom stereocenters. The first-order valence-corrected chi connectivity index (χ1v) is 6.09. The molecule has 0 saturated heterocycles. The molecule has 0 aliphatic carbocycles. The molecule has 15 heavy (non-hydrogen) atoms. The maximum atomic E-state index is 5.84. The van der Waals surface area contributed by atoms with Gasteiger partial charge in [-0.15, -0.1) is 0 Å². The number of hydrogen-bond acceptors (Lipinski definition) is 2. The fraction of sp³-hybridized carbons (Fsp3) is 0.364. The fourth-order valence-corrected chi connectivity index (χ4v) is 2.43. The van der Waals surface area contributed by atoms with E-state index in [-0.39, 0.29) is 0 Å². The normalized spacial score (nSPS) is 17.6. The number of aromatic nitrogens is 1. The highest BCUT2D eigenvalue weighted by molar-refractivity contribution is 9.11. The summed E-state index contributed by atoms with van der Waals surface area (Å²) in [4.78, 5) is 6.63. The second-order valence-corrected chi connectivity index (χ2v) is 5.01. The summed E-state index contributed by atoms with van der Waals surface area (Å²) in [6.45, 7) is 2.92. The molecule has 0 saturated carbocycles. The van der Waals surface area contributed by atoms with Crippen LogP contribution in [0.15, 0.2) is 28.8 Å². The van der Waals surface area contributed by atoms with E-state index in [4.69, 9.17) is 11.6 Å². The van der Waals surface area contributed by atoms with E-state index in [1.165, 1.54) is 4.48 Å². The highest BCUT2D eigenvalue weighted by Gasteiger charge is 2.11. The molecule has 0 bridgehead atoms. The van der Waals surface area contributed by atoms with Gasteiger partial charge in [0.1, 0.15) is 5.15 Å². The van der Waals surface area contributed by atoms with Crippen molar-refractivity contribution in [3.05, 3.63) is 39.6 Å². The molecule has 1 aliphatic heterocycles. The molecule has 1 aliphatic rings. The van der Waals surface area contributed by atoms with Gasteiger partial charge in [0.15, 0.2) is 0 Å². The molecular formula is C11H12BrClN2. The first kappa shape index (κ1) is 11.1. The zero-order valence-electron chi connectivity index (χ0n) is 8.29. The average molecular weight is 288 g/mol. The highest BCUT2D eigenvalue weighted by Crippen LogP contribution is 2.17. The zero-order chi connectivity index (χ0) is 10.7. The molecule has 0 fully saturated rings. The Balaban J connectivity index is 2.00. The van der Waals surface area contributed by atoms with Gasteiger partial charge in [-0.25, -0.2) is 4.98 Å². The summed E-state index contributed by atoms with van der Waals surface area (Å²) < 4.78 is 1.26. The van der Waals surface area contributed by atoms with Crippen LogP contribution >= 0.6 is 27.5 Å². The van der Waals surface area contributed by atoms with Gasteiger partial charge in [-0.1, -0.05) is 39.7 Å². The monoisotopic (exact) mass is 286 g/mol. The largest absolute Gasteiger partial charge is 0.292 e. The van der Waals surface area contributed by atoms with Crippen LogP contribution in [0.1, 0.15) is 12.1 Å². The first-order valence-electron chi connectivity index (χ1n) is 4.92. The molecule has 80 valence electrons. The molecule has 0 aromatic carbocycles. The van der Waals surface area contributed by atoms with Gasteiger partial charge in [0, 0.05) is 24.1 Å². The van der Waals surface area contributed by atoms with Crippen molar-refractivity contribution in [3.63, 3.8) is 0 Å². The summed E-state index contributed by atoms with van der Waals surface area (Å²) in [5, 5.41) is 0.569. The van der Waals surface area contributed by atoms with Gasteiger partial charge < -0.3 is 0 Å². The zero-order valence-corrected chi connectivity index (χ0v) is 10.6. The molecule has 1 aromatic heterocycles. The molecular weight excluding hydrogens is 275 g/mol. The second-order valence-electron chi connectivity index (χ2n) is 3.60. The third kappa shape index (κ3) is 3.30. The van der Waals surface area contributed by atoms with E-state index in [0.717, 1.165) is 31.7 Å². The van der Waals surface area contributed by atoms with Crippen LogP contribution in [-0.4, -0.2) is 23.0 Å². The molecule has 0 radical (unpaired) electrons. The summed E-state index contributed by atoms with van der Waals surface area (Å²) >= 11 is 9.37. The number of halogens is 2. The SMILES string of the molecule is Clc1cccc(CN2CCC=C(Br)C2)n1. The standard InChI is InChI=1S/C11H12BrClN2/c12-9-3-2-6-15(7-9)8-10-4-1-5-11(13)14-10/h1,3-5H,2,6-8H2. The summed E-state index contributed by atoms with van der Waals surface area (Å²) in [6, 6.07) is 5.76. The highest BCUT2D eigenvalue weighted by atomic mass is 79.9. The molecule has 2 nitrogen and oxygen atoms in total. The van der Waals surface area contributed by atoms with Crippen LogP contribution in [-0.2, 0) is 6.54 Å². The van der Waals surface area contributed by atoms with Crippen molar-refractivity contribution in [1.29, 1.82) is 0 Å². The summed E-state index contributed by atoms with van der Waals surface area (Å²) in [6.07, 6.45) is 3.32. The van der Waals surface area contributed by atoms with Crippen molar-refractivity contribution in [2.45, 2.75) is 13.0 Å². The Labute approximate surface area is 103 Å². The Morgan fingerprint density at radius 3 is 3.07 bits per heavy atom. The average Bonchev–Trinajstić information content (AvgIpc) is 2.17. The predicted molar refractivity (Wildman–Crippen MR) is 66.2 cm³/mol. The Morgan fingerprint density at radius 1 is 1.47 bits per heavy atom. The van der Waals surface area contributed by atoms with Gasteiger partial charge in [-0.2, -0.15) is 0 Å². The van der Waals surface area contributed by atoms with Gasteiger partial charge in [0.05, 0.1) is 5.69 Å². The second kappa shape index (κ2) is 5.10. The predicted octanol–water partition coefficient (Wildman–Crippen LogP) is 3.22. The minimum Gasteiger partial charge on any atom is -0.292 e. The lowest BCUT2D eigenvalue weighted by Crippen LogP contribution is -2.28. The van der Waals surface area contributed by atoms with Crippen LogP contribution in [0.2, 0.25) is 5.15 Å². The van der Waals surface area contributed by atoms with Crippen molar-refractivity contribution >= 4 is 27.5 Å². The number of pyridine rings is 1. The molecule has 2 rings (SSSR count). The number of rotatable bonds is 2. The Morgan fingerprint density at radius 2 is 2.33 bits per heavy atom. The van der Waals surface area contributed by atoms with Crippen LogP contribution in [0.3, 0.4) is 0 Å². The summed E-state index contributed by atoms with van der Waals surface area (Å²) in [5.74, 6) is 0. The smallest absolute Gasteiger partial charge is 0.129 e. The van der Waals surface area contributed by atoms with E-state index in [2.05, 4.69) is 31.9 Å². The van der Waals surface area contributed by atoms with Gasteiger partial charge in [-0.05, 0) is 18.6 Å². The first-order chi connectivity index (χ1) is 7.24.